The minimum absolute atomic E-state index is 0.205. The van der Waals surface area contributed by atoms with Crippen molar-refractivity contribution in [1.82, 2.24) is 4.90 Å². The molecule has 0 aliphatic carbocycles. The molecule has 2 aromatic carbocycles. The Morgan fingerprint density at radius 2 is 1.47 bits per heavy atom. The number of hydrogen-bond acceptors (Lipinski definition) is 2. The van der Waals surface area contributed by atoms with E-state index in [1.165, 1.54) is 16.7 Å². The summed E-state index contributed by atoms with van der Waals surface area (Å²) in [7, 11) is 0. The highest BCUT2D eigenvalue weighted by molar-refractivity contribution is 5.30. The van der Waals surface area contributed by atoms with Gasteiger partial charge >= 0.3 is 0 Å². The fraction of sp³-hybridized carbons (Fsp3) is 0.294. The van der Waals surface area contributed by atoms with Gasteiger partial charge in [-0.2, -0.15) is 0 Å². The Bertz CT molecular complexity index is 511. The maximum Gasteiger partial charge on any atom is 0.0241 e. The molecule has 0 unspecified atom stereocenters. The van der Waals surface area contributed by atoms with Crippen molar-refractivity contribution in [3.63, 3.8) is 0 Å². The molecule has 0 fully saturated rings. The van der Waals surface area contributed by atoms with E-state index < -0.39 is 0 Å². The quantitative estimate of drug-likeness (QED) is 0.906. The van der Waals surface area contributed by atoms with Crippen molar-refractivity contribution in [2.45, 2.75) is 25.6 Å². The fourth-order valence-electron chi connectivity index (χ4n) is 2.85. The molecule has 0 radical (unpaired) electrons. The number of rotatable bonds is 4. The molecule has 1 atom stereocenters. The highest BCUT2D eigenvalue weighted by Gasteiger charge is 2.19. The normalized spacial score (nSPS) is 16.3. The summed E-state index contributed by atoms with van der Waals surface area (Å²) in [6.45, 7) is 3.04. The van der Waals surface area contributed by atoms with Gasteiger partial charge in [0.2, 0.25) is 0 Å². The van der Waals surface area contributed by atoms with Gasteiger partial charge in [0.25, 0.3) is 0 Å². The second-order valence-corrected chi connectivity index (χ2v) is 5.39. The van der Waals surface area contributed by atoms with Crippen LogP contribution in [0, 0.1) is 0 Å². The SMILES string of the molecule is N[C@@H](Cc1ccccc1)CN1Cc2ccccc2C1. The Morgan fingerprint density at radius 1 is 0.895 bits per heavy atom. The van der Waals surface area contributed by atoms with Gasteiger partial charge in [-0.3, -0.25) is 4.90 Å². The highest BCUT2D eigenvalue weighted by atomic mass is 15.1. The first-order chi connectivity index (χ1) is 9.31. The van der Waals surface area contributed by atoms with E-state index in [4.69, 9.17) is 5.73 Å². The van der Waals surface area contributed by atoms with Crippen LogP contribution < -0.4 is 5.73 Å². The van der Waals surface area contributed by atoms with Crippen LogP contribution in [-0.2, 0) is 19.5 Å². The average molecular weight is 252 g/mol. The molecule has 0 spiro atoms. The Balaban J connectivity index is 1.56. The molecule has 2 N–H and O–H groups in total. The summed E-state index contributed by atoms with van der Waals surface area (Å²) in [6.07, 6.45) is 0.952. The molecule has 0 saturated heterocycles. The molecule has 2 aromatic rings. The van der Waals surface area contributed by atoms with Crippen LogP contribution in [0.4, 0.5) is 0 Å². The van der Waals surface area contributed by atoms with Crippen LogP contribution in [0.25, 0.3) is 0 Å². The summed E-state index contributed by atoms with van der Waals surface area (Å²) >= 11 is 0. The third-order valence-electron chi connectivity index (χ3n) is 3.74. The van der Waals surface area contributed by atoms with Gasteiger partial charge in [-0.15, -0.1) is 0 Å². The Morgan fingerprint density at radius 3 is 2.11 bits per heavy atom. The monoisotopic (exact) mass is 252 g/mol. The molecular weight excluding hydrogens is 232 g/mol. The zero-order valence-corrected chi connectivity index (χ0v) is 11.1. The standard InChI is InChI=1S/C17H20N2/c18-17(10-14-6-2-1-3-7-14)13-19-11-15-8-4-5-9-16(15)12-19/h1-9,17H,10-13,18H2/t17-/m0/s1. The molecule has 0 saturated carbocycles. The molecule has 2 heteroatoms. The molecule has 0 bridgehead atoms. The van der Waals surface area contributed by atoms with Gasteiger partial charge in [-0.25, -0.2) is 0 Å². The van der Waals surface area contributed by atoms with Crippen LogP contribution >= 0.6 is 0 Å². The van der Waals surface area contributed by atoms with E-state index in [0.717, 1.165) is 26.1 Å². The van der Waals surface area contributed by atoms with Crippen molar-refractivity contribution in [2.75, 3.05) is 6.54 Å². The average Bonchev–Trinajstić information content (AvgIpc) is 2.81. The van der Waals surface area contributed by atoms with E-state index in [1.54, 1.807) is 0 Å². The van der Waals surface area contributed by atoms with Crippen molar-refractivity contribution in [2.24, 2.45) is 5.73 Å². The lowest BCUT2D eigenvalue weighted by Crippen LogP contribution is -2.36. The van der Waals surface area contributed by atoms with Crippen LogP contribution in [0.2, 0.25) is 0 Å². The predicted molar refractivity (Wildman–Crippen MR) is 78.7 cm³/mol. The smallest absolute Gasteiger partial charge is 0.0241 e. The fourth-order valence-corrected chi connectivity index (χ4v) is 2.85. The topological polar surface area (TPSA) is 29.3 Å². The molecule has 1 heterocycles. The van der Waals surface area contributed by atoms with Gasteiger partial charge in [0.15, 0.2) is 0 Å². The van der Waals surface area contributed by atoms with Crippen molar-refractivity contribution in [1.29, 1.82) is 0 Å². The maximum absolute atomic E-state index is 6.28. The molecule has 0 aromatic heterocycles. The van der Waals surface area contributed by atoms with Gasteiger partial charge in [0.1, 0.15) is 0 Å². The van der Waals surface area contributed by atoms with Crippen molar-refractivity contribution in [3.8, 4) is 0 Å². The summed E-state index contributed by atoms with van der Waals surface area (Å²) in [5.74, 6) is 0. The Kier molecular flexibility index (Phi) is 3.62. The van der Waals surface area contributed by atoms with Crippen LogP contribution in [0.5, 0.6) is 0 Å². The van der Waals surface area contributed by atoms with Crippen LogP contribution in [0.3, 0.4) is 0 Å². The molecular formula is C17H20N2. The molecule has 1 aliphatic heterocycles. The number of benzene rings is 2. The Hall–Kier alpha value is -1.64. The highest BCUT2D eigenvalue weighted by Crippen LogP contribution is 2.22. The van der Waals surface area contributed by atoms with Crippen molar-refractivity contribution < 1.29 is 0 Å². The van der Waals surface area contributed by atoms with E-state index in [-0.39, 0.29) is 6.04 Å². The van der Waals surface area contributed by atoms with E-state index in [0.29, 0.717) is 0 Å². The second kappa shape index (κ2) is 5.55. The lowest BCUT2D eigenvalue weighted by atomic mass is 10.1. The van der Waals surface area contributed by atoms with Crippen LogP contribution in [0.15, 0.2) is 54.6 Å². The lowest BCUT2D eigenvalue weighted by molar-refractivity contribution is 0.264. The zero-order chi connectivity index (χ0) is 13.1. The number of nitrogens with two attached hydrogens (primary N) is 1. The minimum atomic E-state index is 0.205. The van der Waals surface area contributed by atoms with E-state index >= 15 is 0 Å². The summed E-state index contributed by atoms with van der Waals surface area (Å²) < 4.78 is 0. The maximum atomic E-state index is 6.28. The molecule has 3 rings (SSSR count). The van der Waals surface area contributed by atoms with Gasteiger partial charge in [0, 0.05) is 25.7 Å². The third-order valence-corrected chi connectivity index (χ3v) is 3.74. The molecule has 98 valence electrons. The van der Waals surface area contributed by atoms with Gasteiger partial charge in [0.05, 0.1) is 0 Å². The first-order valence-corrected chi connectivity index (χ1v) is 6.90. The first kappa shape index (κ1) is 12.4. The van der Waals surface area contributed by atoms with Crippen LogP contribution in [-0.4, -0.2) is 17.5 Å². The largest absolute Gasteiger partial charge is 0.326 e. The summed E-state index contributed by atoms with van der Waals surface area (Å²) in [4.78, 5) is 2.44. The second-order valence-electron chi connectivity index (χ2n) is 5.39. The van der Waals surface area contributed by atoms with E-state index in [2.05, 4.69) is 53.4 Å². The summed E-state index contributed by atoms with van der Waals surface area (Å²) in [5.41, 5.74) is 10.5. The number of nitrogens with zero attached hydrogens (tertiary/aromatic N) is 1. The number of hydrogen-bond donors (Lipinski definition) is 1. The molecule has 1 aliphatic rings. The number of fused-ring (bicyclic) bond motifs is 1. The summed E-state index contributed by atoms with van der Waals surface area (Å²) in [5, 5.41) is 0. The first-order valence-electron chi connectivity index (χ1n) is 6.90. The van der Waals surface area contributed by atoms with Crippen molar-refractivity contribution >= 4 is 0 Å². The molecule has 2 nitrogen and oxygen atoms in total. The van der Waals surface area contributed by atoms with Crippen LogP contribution in [0.1, 0.15) is 16.7 Å². The van der Waals surface area contributed by atoms with Gasteiger partial charge in [-0.05, 0) is 23.1 Å². The van der Waals surface area contributed by atoms with E-state index in [9.17, 15) is 0 Å². The molecule has 0 amide bonds. The lowest BCUT2D eigenvalue weighted by Gasteiger charge is -2.20. The predicted octanol–water partition coefficient (Wildman–Crippen LogP) is 2.57. The Labute approximate surface area is 114 Å². The molecule has 19 heavy (non-hydrogen) atoms. The zero-order valence-electron chi connectivity index (χ0n) is 11.1. The van der Waals surface area contributed by atoms with Gasteiger partial charge in [-0.1, -0.05) is 54.6 Å². The third kappa shape index (κ3) is 3.03. The minimum Gasteiger partial charge on any atom is -0.326 e. The van der Waals surface area contributed by atoms with E-state index in [1.807, 2.05) is 6.07 Å². The summed E-state index contributed by atoms with van der Waals surface area (Å²) in [6, 6.07) is 19.4. The van der Waals surface area contributed by atoms with Crippen molar-refractivity contribution in [3.05, 3.63) is 71.3 Å². The van der Waals surface area contributed by atoms with Gasteiger partial charge < -0.3 is 5.73 Å².